The van der Waals surface area contributed by atoms with Crippen LogP contribution in [0.4, 0.5) is 0 Å². The summed E-state index contributed by atoms with van der Waals surface area (Å²) in [5, 5.41) is 8.08. The Morgan fingerprint density at radius 3 is 2.11 bits per heavy atom. The van der Waals surface area contributed by atoms with Crippen molar-refractivity contribution in [3.05, 3.63) is 118 Å². The summed E-state index contributed by atoms with van der Waals surface area (Å²) in [7, 11) is 2.42. The summed E-state index contributed by atoms with van der Waals surface area (Å²) in [6, 6.07) is 31.8. The van der Waals surface area contributed by atoms with Crippen molar-refractivity contribution in [2.75, 3.05) is 0 Å². The third-order valence-corrected chi connectivity index (χ3v) is 20.2. The van der Waals surface area contributed by atoms with E-state index in [4.69, 9.17) is 0 Å². The van der Waals surface area contributed by atoms with Crippen molar-refractivity contribution in [3.63, 3.8) is 0 Å². The van der Waals surface area contributed by atoms with E-state index in [9.17, 15) is 0 Å². The van der Waals surface area contributed by atoms with Gasteiger partial charge in [-0.2, -0.15) is 0 Å². The molecule has 0 heterocycles. The second-order valence-electron chi connectivity index (χ2n) is 11.7. The summed E-state index contributed by atoms with van der Waals surface area (Å²) < 4.78 is 1.13. The molecule has 4 aromatic carbocycles. The van der Waals surface area contributed by atoms with E-state index in [1.807, 2.05) is 0 Å². The predicted octanol–water partition coefficient (Wildman–Crippen LogP) is 9.69. The first-order valence-electron chi connectivity index (χ1n) is 12.9. The molecule has 0 N–H and O–H groups in total. The second-order valence-corrected chi connectivity index (χ2v) is 31.9. The van der Waals surface area contributed by atoms with Gasteiger partial charge in [-0.1, -0.05) is 0 Å². The normalized spacial score (nSPS) is 18.3. The molecule has 0 aromatic heterocycles. The van der Waals surface area contributed by atoms with Crippen molar-refractivity contribution in [2.45, 2.75) is 39.2 Å². The van der Waals surface area contributed by atoms with Gasteiger partial charge >= 0.3 is 213 Å². The number of halogens is 2. The standard InChI is InChI=1S/C20H15.C11H11.2CH3.2ClH.H2Si.Ti/c1-14-12-16-8-5-11-19(20(16)13-14)18-10-4-7-15-6-2-3-9-17(15)18;1-2-9-7-10-5-3-4-6-11(10)8-9;;;;;;/h2-13H,1H3;3-8H,2H2,1H3;2*1H3;2*1H;1H2;. The first-order chi connectivity index (χ1) is 16.8. The summed E-state index contributed by atoms with van der Waals surface area (Å²) in [5.74, 6) is 0. The van der Waals surface area contributed by atoms with E-state index in [2.05, 4.69) is 129 Å². The SMILES string of the molecule is CCC1=Cc2ccccc2[CH]1[Ti]([CH3])([CH3])(=[SiH2])[CH]1C(C)=Cc2c(-c3cccc4ccccc34)cccc21.Cl.Cl. The fourth-order valence-corrected chi connectivity index (χ4v) is 21.0. The van der Waals surface area contributed by atoms with E-state index >= 15 is 0 Å². The van der Waals surface area contributed by atoms with Crippen LogP contribution >= 0.6 is 24.8 Å². The minimum atomic E-state index is -3.16. The van der Waals surface area contributed by atoms with Crippen molar-refractivity contribution < 1.29 is 14.0 Å². The first kappa shape index (κ1) is 28.1. The molecule has 4 aromatic rings. The summed E-state index contributed by atoms with van der Waals surface area (Å²) in [6.07, 6.45) is 6.17. The van der Waals surface area contributed by atoms with Crippen LogP contribution in [0, 0.1) is 0 Å². The Balaban J connectivity index is 0.00000160. The van der Waals surface area contributed by atoms with Crippen molar-refractivity contribution in [3.8, 4) is 11.1 Å². The zero-order valence-electron chi connectivity index (χ0n) is 22.1. The number of allylic oxidation sites excluding steroid dienone is 2. The molecule has 4 heteroatoms. The maximum Gasteiger partial charge on any atom is -0.147 e. The van der Waals surface area contributed by atoms with Gasteiger partial charge in [0.05, 0.1) is 0 Å². The Hall–Kier alpha value is -1.87. The molecule has 0 saturated heterocycles. The first-order valence-corrected chi connectivity index (χ1v) is 21.9. The Bertz CT molecular complexity index is 1630. The molecule has 0 amide bonds. The number of fused-ring (bicyclic) bond motifs is 3. The average molecular weight is 580 g/mol. The van der Waals surface area contributed by atoms with Gasteiger partial charge in [0.1, 0.15) is 0 Å². The topological polar surface area (TPSA) is 0 Å². The van der Waals surface area contributed by atoms with Gasteiger partial charge in [-0.15, -0.1) is 24.8 Å². The number of benzene rings is 4. The van der Waals surface area contributed by atoms with Gasteiger partial charge < -0.3 is 0 Å². The Morgan fingerprint density at radius 1 is 0.703 bits per heavy atom. The van der Waals surface area contributed by atoms with Crippen LogP contribution in [0.15, 0.2) is 96.1 Å². The van der Waals surface area contributed by atoms with E-state index in [0.717, 1.165) is 6.42 Å². The molecule has 0 nitrogen and oxygen atoms in total. The van der Waals surface area contributed by atoms with E-state index in [1.165, 1.54) is 33.0 Å². The molecule has 2 unspecified atom stereocenters. The van der Waals surface area contributed by atoms with Crippen molar-refractivity contribution in [1.82, 2.24) is 0 Å². The second kappa shape index (κ2) is 10.0. The molecule has 0 fully saturated rings. The molecule has 0 aliphatic heterocycles. The van der Waals surface area contributed by atoms with E-state index in [0.29, 0.717) is 8.45 Å². The van der Waals surface area contributed by atoms with Gasteiger partial charge in [0.2, 0.25) is 0 Å². The van der Waals surface area contributed by atoms with E-state index < -0.39 is 14.0 Å². The number of rotatable bonds is 4. The fourth-order valence-electron chi connectivity index (χ4n) is 7.49. The van der Waals surface area contributed by atoms with Gasteiger partial charge in [-0.05, 0) is 0 Å². The fraction of sp³-hybridized carbons (Fsp3) is 0.212. The zero-order chi connectivity index (χ0) is 24.4. The molecule has 0 radical (unpaired) electrons. The largest absolute Gasteiger partial charge is 0.147 e. The molecule has 2 aliphatic carbocycles. The third kappa shape index (κ3) is 4.34. The third-order valence-electron chi connectivity index (χ3n) is 8.68. The molecule has 0 saturated carbocycles. The Kier molecular flexibility index (Phi) is 7.63. The average Bonchev–Trinajstić information content (AvgIpc) is 3.41. The van der Waals surface area contributed by atoms with Gasteiger partial charge in [0, 0.05) is 0 Å². The van der Waals surface area contributed by atoms with Crippen molar-refractivity contribution in [2.24, 2.45) is 0 Å². The van der Waals surface area contributed by atoms with Gasteiger partial charge in [0.15, 0.2) is 0 Å². The van der Waals surface area contributed by atoms with E-state index in [1.54, 1.807) is 22.3 Å². The maximum absolute atomic E-state index is 3.16. The maximum atomic E-state index is 2.72. The minimum Gasteiger partial charge on any atom is -0.147 e. The monoisotopic (exact) mass is 578 g/mol. The molecule has 2 aliphatic rings. The number of hydrogen-bond acceptors (Lipinski definition) is 0. The molecule has 2 atom stereocenters. The van der Waals surface area contributed by atoms with Crippen LogP contribution in [-0.2, 0) is 14.0 Å². The summed E-state index contributed by atoms with van der Waals surface area (Å²) in [5.41, 5.74) is 12.0. The summed E-state index contributed by atoms with van der Waals surface area (Å²) >= 11 is -3.16. The molecule has 0 bridgehead atoms. The van der Waals surface area contributed by atoms with Gasteiger partial charge in [0.25, 0.3) is 0 Å². The van der Waals surface area contributed by atoms with Crippen LogP contribution in [0.25, 0.3) is 34.1 Å². The predicted molar refractivity (Wildman–Crippen MR) is 168 cm³/mol. The number of hydrogen-bond donors (Lipinski definition) is 0. The smallest absolute Gasteiger partial charge is 0.147 e. The van der Waals surface area contributed by atoms with Crippen LogP contribution in [0.3, 0.4) is 0 Å². The zero-order valence-corrected chi connectivity index (χ0v) is 26.7. The quantitative estimate of drug-likeness (QED) is 0.211. The Labute approximate surface area is 236 Å². The molecule has 0 spiro atoms. The van der Waals surface area contributed by atoms with Crippen LogP contribution < -0.4 is 0 Å². The van der Waals surface area contributed by atoms with Crippen LogP contribution in [-0.4, -0.2) is 7.63 Å². The minimum absolute atomic E-state index is 0. The Morgan fingerprint density at radius 2 is 1.32 bits per heavy atom. The van der Waals surface area contributed by atoms with Gasteiger partial charge in [-0.25, -0.2) is 0 Å². The van der Waals surface area contributed by atoms with Crippen LogP contribution in [0.2, 0.25) is 10.5 Å². The van der Waals surface area contributed by atoms with E-state index in [-0.39, 0.29) is 24.8 Å². The molecular weight excluding hydrogens is 543 g/mol. The van der Waals surface area contributed by atoms with Crippen molar-refractivity contribution >= 4 is 55.4 Å². The summed E-state index contributed by atoms with van der Waals surface area (Å²) in [6.45, 7) is 4.75. The molecule has 37 heavy (non-hydrogen) atoms. The summed E-state index contributed by atoms with van der Waals surface area (Å²) in [4.78, 5) is 0. The van der Waals surface area contributed by atoms with Gasteiger partial charge in [-0.3, -0.25) is 0 Å². The molecular formula is C33H36Cl2SiTi. The molecule has 6 rings (SSSR count). The van der Waals surface area contributed by atoms with Crippen molar-refractivity contribution in [1.29, 1.82) is 0 Å². The van der Waals surface area contributed by atoms with Crippen LogP contribution in [0.5, 0.6) is 0 Å². The molecule has 190 valence electrons. The van der Waals surface area contributed by atoms with Crippen LogP contribution in [0.1, 0.15) is 51.0 Å².